The highest BCUT2D eigenvalue weighted by molar-refractivity contribution is 6.01. The molecule has 0 unspecified atom stereocenters. The maximum Gasteiger partial charge on any atom is 0.225 e. The van der Waals surface area contributed by atoms with Crippen LogP contribution < -0.4 is 114 Å². The van der Waals surface area contributed by atoms with Gasteiger partial charge in [-0.05, 0) is 115 Å². The lowest BCUT2D eigenvalue weighted by atomic mass is 10.1. The topological polar surface area (TPSA) is 835 Å². The van der Waals surface area contributed by atoms with Gasteiger partial charge in [0.25, 0.3) is 0 Å². The largest absolute Gasteiger partial charge is 0.370 e. The van der Waals surface area contributed by atoms with Crippen LogP contribution in [0.1, 0.15) is 58.2 Å². The first kappa shape index (κ1) is 120. The van der Waals surface area contributed by atoms with E-state index < -0.39 is 0 Å². The van der Waals surface area contributed by atoms with Gasteiger partial charge in [0.2, 0.25) is 35.8 Å². The van der Waals surface area contributed by atoms with Gasteiger partial charge in [0.05, 0.1) is 12.2 Å². The minimum absolute atomic E-state index is 0.0104. The number of nitrogens with one attached hydrogen (secondary N) is 8. The second-order valence-corrected chi connectivity index (χ2v) is 29.8. The van der Waals surface area contributed by atoms with Crippen LogP contribution in [0.3, 0.4) is 0 Å². The van der Waals surface area contributed by atoms with Crippen molar-refractivity contribution in [3.8, 4) is 0 Å². The Morgan fingerprint density at radius 3 is 0.871 bits per heavy atom. The average molecular weight is 1920 g/mol. The van der Waals surface area contributed by atoms with Crippen molar-refractivity contribution >= 4 is 119 Å². The summed E-state index contributed by atoms with van der Waals surface area (Å²) in [5.74, 6) is 0.450. The fourth-order valence-electron chi connectivity index (χ4n) is 10.5. The monoisotopic (exact) mass is 1920 g/mol. The molecule has 0 fully saturated rings. The second-order valence-electron chi connectivity index (χ2n) is 29.8. The number of guanidine groups is 18. The first-order valence-electron chi connectivity index (χ1n) is 43.4. The normalized spacial score (nSPS) is 10.4. The molecule has 0 spiro atoms. The number of hydrogen-bond donors (Lipinski definition) is 27. The lowest BCUT2D eigenvalue weighted by molar-refractivity contribution is 0.480. The van der Waals surface area contributed by atoms with Crippen molar-refractivity contribution in [3.05, 3.63) is 312 Å². The minimum Gasteiger partial charge on any atom is -0.370 e. The van der Waals surface area contributed by atoms with Gasteiger partial charge in [-0.2, -0.15) is 25.0 Å². The molecule has 46 N–H and O–H groups in total. The number of anilines is 1. The number of likely N-dealkylation sites (N-methyl/N-ethyl adjacent to an activating group) is 1. The molecule has 0 aliphatic rings. The zero-order valence-electron chi connectivity index (χ0n) is 81.1. The number of hydrogen-bond acceptors (Lipinski definition) is 13. The van der Waals surface area contributed by atoms with Gasteiger partial charge < -0.3 is 129 Å². The summed E-state index contributed by atoms with van der Waals surface area (Å²) in [7, 11) is 13.5. The molecule has 45 nitrogen and oxygen atoms in total. The van der Waals surface area contributed by atoms with Crippen LogP contribution in [0.2, 0.25) is 0 Å². The number of para-hydroxylation sites is 2. The van der Waals surface area contributed by atoms with Crippen LogP contribution in [0, 0.1) is 43.3 Å². The third-order valence-electron chi connectivity index (χ3n) is 18.5. The van der Waals surface area contributed by atoms with Gasteiger partial charge >= 0.3 is 0 Å². The van der Waals surface area contributed by atoms with Gasteiger partial charge in [-0.1, -0.05) is 249 Å². The van der Waals surface area contributed by atoms with Gasteiger partial charge in [-0.3, -0.25) is 77.9 Å². The van der Waals surface area contributed by atoms with Crippen LogP contribution in [0.5, 0.6) is 0 Å². The Bertz CT molecular complexity index is 5390. The van der Waals surface area contributed by atoms with Crippen LogP contribution in [-0.4, -0.2) is 231 Å². The SMILES string of the molecule is CN(C(=N)N)C(N)=NCCCc1ccccc1.CN(C(=N)N)C(N)=NCCc1ccccc1.CN(C(=N)N)C(N)=NCc1ccccc1.CN(C(=N)N)C(N)=Nc1ccccc1.CN(C(=N)N=C(N)N)c1ccccc1.CN(CCCc1ccccc1)C(=N)N=C(N)N.CN(CCc1ccccc1)C(=N)N=C(N)N.CN(Cc1ccccc1)C(=N)N=C(N)N.NC(N)=NC(N)=NCCCc1ccccc1. The quantitative estimate of drug-likeness (QED) is 0.0232. The average Bonchev–Trinajstić information content (AvgIpc) is 0.885. The molecular formula is C95H145N45. The summed E-state index contributed by atoms with van der Waals surface area (Å²) in [5.41, 5.74) is 111. The van der Waals surface area contributed by atoms with Crippen molar-refractivity contribution in [1.29, 1.82) is 43.3 Å². The molecule has 0 aliphatic heterocycles. The van der Waals surface area contributed by atoms with Crippen LogP contribution >= 0.6 is 0 Å². The number of aryl methyl sites for hydroxylation is 3. The minimum atomic E-state index is -0.137. The zero-order valence-corrected chi connectivity index (χ0v) is 81.1. The van der Waals surface area contributed by atoms with Gasteiger partial charge in [0.15, 0.2) is 71.5 Å². The standard InChI is InChI=1S/2C12H19N5.3C11H17N5.2C10H15N5.2C9H13N5/c1-17(12(15)16-11(13)14)9-5-8-10-6-3-2-4-7-10;1-17(11(13)14)12(15)16-9-5-8-10-6-3-2-4-7-10;1-16(11(14)15-10(12)13)8-7-9-5-3-2-4-6-9;1-16(10(12)13)11(14)15-8-7-9-5-3-2-4-6-9;12-10(13)16-11(14)15-8-4-7-9-5-2-1-3-6-9;1-15(10(13)14-9(11)12)7-8-5-3-2-4-6-8;1-15(9(11)12)10(13)14-7-8-5-3-2-4-6-8;1-14(9(12)13-8(10)11)7-5-3-2-4-6-7;1-14(8(10)11)9(12)13-7-5-3-2-4-6-7/h2-4,6-7H,5,8-9H2,1H3,(H5,13,14,15,16);2-4,6-7H,5,8-9H2,1H3,(H3,13,14)(H2,15,16);2-6H,7-8H2,1H3,(H5,12,13,14,15);2-6H,7-8H2,1H3,(H3,12,13)(H2,14,15);1-3,5-6H,4,7-8H2,(H6,12,13,14,15,16);2-6H,7H2,1H3,(H5,11,12,13,14);2-6H,7H2,1H3,(H3,11,12)(H2,13,14);2-6H,1H3,(H5,10,11,12,13);2-6H,1H3,(H3,10,11)(H2,12,13). The molecular weight excluding hydrogens is 1770 g/mol. The molecule has 0 bridgehead atoms. The fourth-order valence-corrected chi connectivity index (χ4v) is 10.5. The molecule has 45 heteroatoms. The van der Waals surface area contributed by atoms with E-state index in [1.54, 1.807) is 76.0 Å². The maximum absolute atomic E-state index is 7.59. The number of nitrogens with zero attached hydrogens (tertiary/aromatic N) is 18. The Labute approximate surface area is 821 Å². The van der Waals surface area contributed by atoms with E-state index in [9.17, 15) is 0 Å². The Kier molecular flexibility index (Phi) is 60.1. The predicted octanol–water partition coefficient (Wildman–Crippen LogP) is 3.91. The van der Waals surface area contributed by atoms with Gasteiger partial charge in [-0.15, -0.1) is 0 Å². The van der Waals surface area contributed by atoms with Crippen molar-refractivity contribution < 1.29 is 0 Å². The van der Waals surface area contributed by atoms with Crippen molar-refractivity contribution in [2.45, 2.75) is 64.5 Å². The summed E-state index contributed by atoms with van der Waals surface area (Å²) in [6.45, 7) is 4.41. The second kappa shape index (κ2) is 70.4. The lowest BCUT2D eigenvalue weighted by Crippen LogP contribution is -2.42. The molecule has 0 radical (unpaired) electrons. The number of nitrogens with two attached hydrogens (primary N) is 19. The maximum atomic E-state index is 7.59. The number of aliphatic imine (C=N–C) groups is 10. The molecule has 9 aromatic rings. The highest BCUT2D eigenvalue weighted by atomic mass is 15.3. The van der Waals surface area contributed by atoms with E-state index >= 15 is 0 Å². The molecule has 0 saturated carbocycles. The smallest absolute Gasteiger partial charge is 0.225 e. The molecule has 9 aromatic carbocycles. The highest BCUT2D eigenvalue weighted by Gasteiger charge is 2.12. The summed E-state index contributed by atoms with van der Waals surface area (Å²) in [6.07, 6.45) is 7.43. The zero-order chi connectivity index (χ0) is 105. The van der Waals surface area contributed by atoms with Crippen LogP contribution in [0.25, 0.3) is 0 Å². The van der Waals surface area contributed by atoms with E-state index in [-0.39, 0.29) is 107 Å². The van der Waals surface area contributed by atoms with E-state index in [0.29, 0.717) is 39.3 Å². The van der Waals surface area contributed by atoms with E-state index in [2.05, 4.69) is 98.5 Å². The van der Waals surface area contributed by atoms with Gasteiger partial charge in [0.1, 0.15) is 0 Å². The third kappa shape index (κ3) is 58.5. The Hall–Kier alpha value is -18.4. The number of benzene rings is 9. The van der Waals surface area contributed by atoms with Crippen LogP contribution in [0.15, 0.2) is 323 Å². The lowest BCUT2D eigenvalue weighted by Gasteiger charge is -2.16. The predicted molar refractivity (Wildman–Crippen MR) is 580 cm³/mol. The van der Waals surface area contributed by atoms with Gasteiger partial charge in [0, 0.05) is 101 Å². The van der Waals surface area contributed by atoms with Crippen molar-refractivity contribution in [1.82, 2.24) is 34.3 Å². The highest BCUT2D eigenvalue weighted by Crippen LogP contribution is 2.14. The summed E-state index contributed by atoms with van der Waals surface area (Å²) in [6, 6.07) is 89.1. The molecule has 750 valence electrons. The summed E-state index contributed by atoms with van der Waals surface area (Å²) >= 11 is 0. The Morgan fingerprint density at radius 2 is 0.514 bits per heavy atom. The summed E-state index contributed by atoms with van der Waals surface area (Å²) < 4.78 is 0. The number of rotatable bonds is 24. The third-order valence-corrected chi connectivity index (χ3v) is 18.5. The molecule has 0 amide bonds. The van der Waals surface area contributed by atoms with Gasteiger partial charge in [-0.25, -0.2) is 9.98 Å². The Morgan fingerprint density at radius 1 is 0.243 bits per heavy atom. The first-order valence-corrected chi connectivity index (χ1v) is 43.4. The molecule has 0 atom stereocenters. The van der Waals surface area contributed by atoms with E-state index in [1.807, 2.05) is 224 Å². The molecule has 0 heterocycles. The van der Waals surface area contributed by atoms with Crippen LogP contribution in [-0.2, 0) is 45.2 Å². The van der Waals surface area contributed by atoms with E-state index in [0.717, 1.165) is 80.4 Å². The molecule has 0 aliphatic carbocycles. The van der Waals surface area contributed by atoms with Crippen LogP contribution in [0.4, 0.5) is 11.4 Å². The van der Waals surface area contributed by atoms with Crippen molar-refractivity contribution in [3.63, 3.8) is 0 Å². The van der Waals surface area contributed by atoms with E-state index in [1.165, 1.54) is 47.4 Å². The first-order chi connectivity index (χ1) is 66.5. The summed E-state index contributed by atoms with van der Waals surface area (Å²) in [4.78, 5) is 50.8. The molecule has 0 saturated heterocycles. The molecule has 140 heavy (non-hydrogen) atoms. The van der Waals surface area contributed by atoms with Crippen molar-refractivity contribution in [2.24, 2.45) is 159 Å². The van der Waals surface area contributed by atoms with E-state index in [4.69, 9.17) is 152 Å². The molecule has 9 rings (SSSR count). The molecule has 0 aromatic heterocycles. The summed E-state index contributed by atoms with van der Waals surface area (Å²) in [5, 5.41) is 58.9. The fraction of sp³-hybridized carbons (Fsp3) is 0.242. The van der Waals surface area contributed by atoms with Crippen molar-refractivity contribution in [2.75, 3.05) is 94.0 Å². The Balaban J connectivity index is 0.000000788.